The predicted molar refractivity (Wildman–Crippen MR) is 101 cm³/mol. The van der Waals surface area contributed by atoms with Crippen LogP contribution in [0.4, 0.5) is 8.78 Å². The Hall–Kier alpha value is -3.29. The van der Waals surface area contributed by atoms with Crippen molar-refractivity contribution in [2.45, 2.75) is 32.4 Å². The Balaban J connectivity index is 2.08. The van der Waals surface area contributed by atoms with Gasteiger partial charge in [0, 0.05) is 28.8 Å². The second-order valence-corrected chi connectivity index (χ2v) is 7.00. The van der Waals surface area contributed by atoms with E-state index in [2.05, 4.69) is 15.2 Å². The lowest BCUT2D eigenvalue weighted by atomic mass is 10.0. The van der Waals surface area contributed by atoms with Crippen LogP contribution in [0.1, 0.15) is 31.0 Å². The molecule has 0 radical (unpaired) electrons. The number of aromatic amines is 1. The van der Waals surface area contributed by atoms with Crippen molar-refractivity contribution < 1.29 is 18.7 Å². The number of aromatic nitrogens is 4. The number of aliphatic carboxylic acids is 1. The summed E-state index contributed by atoms with van der Waals surface area (Å²) in [5.41, 5.74) is 3.70. The molecular formula is C20H18F2N4O2. The molecule has 6 nitrogen and oxygen atoms in total. The van der Waals surface area contributed by atoms with Crippen molar-refractivity contribution in [2.75, 3.05) is 0 Å². The van der Waals surface area contributed by atoms with Gasteiger partial charge in [-0.3, -0.25) is 5.10 Å². The largest absolute Gasteiger partial charge is 0.479 e. The highest BCUT2D eigenvalue weighted by atomic mass is 19.1. The summed E-state index contributed by atoms with van der Waals surface area (Å²) in [5.74, 6) is -1.93. The third-order valence-electron chi connectivity index (χ3n) is 4.77. The number of carboxylic acid groups (broad SMARTS) is 1. The first-order valence-electron chi connectivity index (χ1n) is 8.87. The first-order valence-corrected chi connectivity index (χ1v) is 8.87. The molecule has 0 aliphatic carbocycles. The number of nitrogens with one attached hydrogen (secondary N) is 1. The topological polar surface area (TPSA) is 83.8 Å². The molecule has 0 bridgehead atoms. The van der Waals surface area contributed by atoms with Gasteiger partial charge < -0.3 is 9.67 Å². The van der Waals surface area contributed by atoms with Crippen LogP contribution in [0.3, 0.4) is 0 Å². The summed E-state index contributed by atoms with van der Waals surface area (Å²) in [6.45, 7) is 3.89. The molecule has 4 rings (SSSR count). The van der Waals surface area contributed by atoms with Crippen LogP contribution in [0, 0.1) is 5.82 Å². The molecule has 0 saturated carbocycles. The average molecular weight is 384 g/mol. The van der Waals surface area contributed by atoms with Gasteiger partial charge >= 0.3 is 5.97 Å². The molecule has 2 N–H and O–H groups in total. The number of hydrogen-bond acceptors (Lipinski definition) is 3. The van der Waals surface area contributed by atoms with Gasteiger partial charge in [-0.15, -0.1) is 0 Å². The second-order valence-electron chi connectivity index (χ2n) is 7.00. The summed E-state index contributed by atoms with van der Waals surface area (Å²) in [6, 6.07) is 7.84. The van der Waals surface area contributed by atoms with Gasteiger partial charge in [-0.2, -0.15) is 5.10 Å². The Kier molecular flexibility index (Phi) is 4.33. The maximum atomic E-state index is 14.2. The van der Waals surface area contributed by atoms with E-state index in [1.165, 1.54) is 12.1 Å². The summed E-state index contributed by atoms with van der Waals surface area (Å²) < 4.78 is 29.5. The summed E-state index contributed by atoms with van der Waals surface area (Å²) in [6.07, 6.45) is -0.725. The van der Waals surface area contributed by atoms with E-state index in [0.717, 1.165) is 11.1 Å². The van der Waals surface area contributed by atoms with Crippen LogP contribution in [-0.2, 0) is 11.2 Å². The molecule has 3 aromatic heterocycles. The lowest BCUT2D eigenvalue weighted by Crippen LogP contribution is -2.18. The van der Waals surface area contributed by atoms with Crippen LogP contribution >= 0.6 is 0 Å². The average Bonchev–Trinajstić information content (AvgIpc) is 3.23. The van der Waals surface area contributed by atoms with E-state index in [1.54, 1.807) is 18.3 Å². The Morgan fingerprint density at radius 2 is 2.00 bits per heavy atom. The fourth-order valence-electron chi connectivity index (χ4n) is 3.59. The van der Waals surface area contributed by atoms with Crippen LogP contribution < -0.4 is 0 Å². The van der Waals surface area contributed by atoms with Crippen LogP contribution in [0.25, 0.3) is 27.8 Å². The molecule has 1 atom stereocenters. The van der Waals surface area contributed by atoms with Gasteiger partial charge in [0.15, 0.2) is 5.65 Å². The number of hydrogen-bond donors (Lipinski definition) is 2. The maximum Gasteiger partial charge on any atom is 0.338 e. The van der Waals surface area contributed by atoms with Gasteiger partial charge in [0.2, 0.25) is 6.17 Å². The molecular weight excluding hydrogens is 366 g/mol. The first kappa shape index (κ1) is 18.1. The van der Waals surface area contributed by atoms with Crippen molar-refractivity contribution >= 4 is 28.0 Å². The van der Waals surface area contributed by atoms with Crippen LogP contribution in [0.5, 0.6) is 0 Å². The van der Waals surface area contributed by atoms with Crippen LogP contribution in [0.2, 0.25) is 0 Å². The fraction of sp³-hybridized carbons (Fsp3) is 0.250. The van der Waals surface area contributed by atoms with E-state index in [4.69, 9.17) is 5.11 Å². The smallest absolute Gasteiger partial charge is 0.338 e. The van der Waals surface area contributed by atoms with Gasteiger partial charge in [-0.05, 0) is 36.2 Å². The minimum atomic E-state index is -2.05. The molecule has 0 fully saturated rings. The third-order valence-corrected chi connectivity index (χ3v) is 4.77. The number of pyridine rings is 1. The number of alkyl halides is 1. The molecule has 0 amide bonds. The maximum absolute atomic E-state index is 14.2. The molecule has 0 unspecified atom stereocenters. The summed E-state index contributed by atoms with van der Waals surface area (Å²) in [4.78, 5) is 15.7. The number of carbonyl (C=O) groups is 1. The molecule has 3 heterocycles. The predicted octanol–water partition coefficient (Wildman–Crippen LogP) is 4.13. The van der Waals surface area contributed by atoms with Crippen molar-refractivity contribution in [1.29, 1.82) is 0 Å². The van der Waals surface area contributed by atoms with E-state index in [9.17, 15) is 13.6 Å². The lowest BCUT2D eigenvalue weighted by molar-refractivity contribution is -0.142. The number of halogens is 2. The zero-order valence-corrected chi connectivity index (χ0v) is 15.3. The van der Waals surface area contributed by atoms with Crippen molar-refractivity contribution in [3.05, 3.63) is 53.6 Å². The van der Waals surface area contributed by atoms with E-state index >= 15 is 0 Å². The van der Waals surface area contributed by atoms with Gasteiger partial charge in [-0.1, -0.05) is 13.8 Å². The quantitative estimate of drug-likeness (QED) is 0.542. The molecule has 4 aromatic rings. The second kappa shape index (κ2) is 6.70. The van der Waals surface area contributed by atoms with Crippen LogP contribution in [0.15, 0.2) is 36.5 Å². The van der Waals surface area contributed by atoms with Crippen LogP contribution in [-0.4, -0.2) is 37.0 Å². The highest BCUT2D eigenvalue weighted by molar-refractivity contribution is 5.93. The van der Waals surface area contributed by atoms with Gasteiger partial charge in [0.25, 0.3) is 0 Å². The van der Waals surface area contributed by atoms with Gasteiger partial charge in [0.1, 0.15) is 5.82 Å². The molecule has 0 aliphatic heterocycles. The molecule has 1 aromatic carbocycles. The Labute approximate surface area is 158 Å². The van der Waals surface area contributed by atoms with Crippen molar-refractivity contribution in [1.82, 2.24) is 19.7 Å². The summed E-state index contributed by atoms with van der Waals surface area (Å²) in [7, 11) is 0. The molecule has 28 heavy (non-hydrogen) atoms. The molecule has 0 spiro atoms. The van der Waals surface area contributed by atoms with Gasteiger partial charge in [-0.25, -0.2) is 18.6 Å². The number of fused-ring (bicyclic) bond motifs is 2. The zero-order valence-electron chi connectivity index (χ0n) is 15.3. The summed E-state index contributed by atoms with van der Waals surface area (Å²) in [5, 5.41) is 16.6. The number of benzene rings is 1. The molecule has 8 heteroatoms. The standard InChI is InChI=1S/C20H18F2N4O2/c1-10(2)18-14(8-15(22)20(27)28)17-16(7-11-9-23-25-19(11)24-17)26(18)13-5-3-12(21)4-6-13/h3-7,9-10,15H,8H2,1-2H3,(H,27,28)(H,23,24,25)/t15-/m1/s1. The summed E-state index contributed by atoms with van der Waals surface area (Å²) >= 11 is 0. The van der Waals surface area contributed by atoms with E-state index < -0.39 is 12.1 Å². The van der Waals surface area contributed by atoms with Crippen molar-refractivity contribution in [3.63, 3.8) is 0 Å². The number of nitrogens with zero attached hydrogens (tertiary/aromatic N) is 3. The minimum Gasteiger partial charge on any atom is -0.479 e. The third kappa shape index (κ3) is 2.90. The highest BCUT2D eigenvalue weighted by Gasteiger charge is 2.27. The Morgan fingerprint density at radius 3 is 2.64 bits per heavy atom. The monoisotopic (exact) mass is 384 g/mol. The number of H-pyrrole nitrogens is 1. The zero-order chi connectivity index (χ0) is 20.0. The molecule has 0 saturated heterocycles. The first-order chi connectivity index (χ1) is 13.4. The molecule has 0 aliphatic rings. The molecule has 144 valence electrons. The Bertz CT molecular complexity index is 1180. The fourth-order valence-corrected chi connectivity index (χ4v) is 3.59. The van der Waals surface area contributed by atoms with E-state index in [0.29, 0.717) is 27.9 Å². The lowest BCUT2D eigenvalue weighted by Gasteiger charge is -2.15. The Morgan fingerprint density at radius 1 is 1.29 bits per heavy atom. The minimum absolute atomic E-state index is 0.0493. The van der Waals surface area contributed by atoms with E-state index in [-0.39, 0.29) is 18.2 Å². The SMILES string of the molecule is CC(C)c1c(C[C@@H](F)C(=O)O)c2nc3[nH]ncc3cc2n1-c1ccc(F)cc1. The van der Waals surface area contributed by atoms with Crippen molar-refractivity contribution in [3.8, 4) is 5.69 Å². The van der Waals surface area contributed by atoms with Crippen molar-refractivity contribution in [2.24, 2.45) is 0 Å². The highest BCUT2D eigenvalue weighted by Crippen LogP contribution is 2.35. The number of rotatable bonds is 5. The number of carboxylic acids is 1. The normalized spacial score (nSPS) is 12.9. The van der Waals surface area contributed by atoms with Gasteiger partial charge in [0.05, 0.1) is 17.2 Å². The van der Waals surface area contributed by atoms with E-state index in [1.807, 2.05) is 24.5 Å².